The van der Waals surface area contributed by atoms with Crippen LogP contribution in [-0.2, 0) is 9.59 Å². The van der Waals surface area contributed by atoms with Crippen LogP contribution in [0.3, 0.4) is 0 Å². The lowest BCUT2D eigenvalue weighted by Crippen LogP contribution is -2.53. The van der Waals surface area contributed by atoms with Crippen LogP contribution in [0.4, 0.5) is 9.59 Å². The Kier molecular flexibility index (Phi) is 21.8. The number of amides is 3. The summed E-state index contributed by atoms with van der Waals surface area (Å²) in [6.45, 7) is 4.30. The molecule has 0 fully saturated rings. The van der Waals surface area contributed by atoms with Gasteiger partial charge in [-0.2, -0.15) is 0 Å². The zero-order chi connectivity index (χ0) is 27.0. The van der Waals surface area contributed by atoms with E-state index >= 15 is 0 Å². The molecule has 0 bridgehead atoms. The molecule has 3 atom stereocenters. The van der Waals surface area contributed by atoms with Crippen molar-refractivity contribution in [3.63, 3.8) is 0 Å². The lowest BCUT2D eigenvalue weighted by atomic mass is 10.0. The highest BCUT2D eigenvalue weighted by atomic mass is 16.4. The molecule has 0 aromatic rings. The Morgan fingerprint density at radius 1 is 0.694 bits per heavy atom. The molecule has 0 aromatic heterocycles. The lowest BCUT2D eigenvalue weighted by Gasteiger charge is -2.22. The number of carbonyl (C=O) groups excluding carboxylic acids is 2. The molecule has 0 aliphatic carbocycles. The fraction of sp³-hybridized carbons (Fsp3) is 0.846. The van der Waals surface area contributed by atoms with Crippen molar-refractivity contribution in [2.24, 2.45) is 0 Å². The van der Waals surface area contributed by atoms with Gasteiger partial charge in [0.05, 0.1) is 18.2 Å². The number of carbonyl (C=O) groups is 4. The normalized spacial score (nSPS) is 13.5. The zero-order valence-electron chi connectivity index (χ0n) is 22.4. The van der Waals surface area contributed by atoms with Crippen molar-refractivity contribution in [3.8, 4) is 0 Å². The van der Waals surface area contributed by atoms with Gasteiger partial charge in [0.25, 0.3) is 0 Å². The van der Waals surface area contributed by atoms with Crippen LogP contribution in [0.5, 0.6) is 0 Å². The monoisotopic (exact) mass is 514 g/mol. The molecule has 0 saturated heterocycles. The minimum absolute atomic E-state index is 0.0337. The quantitative estimate of drug-likeness (QED) is 0.0611. The SMILES string of the molecule is CC(C=O)NCCCCCCCCCCCCCCCCCC(NC(=O)O)N[C@@H](C)C(=O)NC(=O)O. The maximum Gasteiger partial charge on any atom is 0.411 e. The van der Waals surface area contributed by atoms with E-state index in [2.05, 4.69) is 16.0 Å². The molecular formula is C26H50N4O6. The van der Waals surface area contributed by atoms with Gasteiger partial charge in [0.2, 0.25) is 5.91 Å². The number of nitrogens with one attached hydrogen (secondary N) is 4. The Hall–Kier alpha value is -2.20. The second kappa shape index (κ2) is 23.2. The predicted molar refractivity (Wildman–Crippen MR) is 141 cm³/mol. The molecule has 0 aromatic carbocycles. The third-order valence-corrected chi connectivity index (χ3v) is 6.21. The first-order chi connectivity index (χ1) is 17.3. The van der Waals surface area contributed by atoms with Gasteiger partial charge in [0, 0.05) is 0 Å². The summed E-state index contributed by atoms with van der Waals surface area (Å²) >= 11 is 0. The summed E-state index contributed by atoms with van der Waals surface area (Å²) in [6, 6.07) is -0.863. The second-order valence-corrected chi connectivity index (χ2v) is 9.66. The van der Waals surface area contributed by atoms with Gasteiger partial charge in [0.15, 0.2) is 0 Å². The molecular weight excluding hydrogens is 464 g/mol. The van der Waals surface area contributed by atoms with Crippen LogP contribution >= 0.6 is 0 Å². The first-order valence-electron chi connectivity index (χ1n) is 13.7. The fourth-order valence-electron chi connectivity index (χ4n) is 4.09. The summed E-state index contributed by atoms with van der Waals surface area (Å²) in [5.41, 5.74) is 0. The average molecular weight is 515 g/mol. The van der Waals surface area contributed by atoms with E-state index in [1.165, 1.54) is 77.6 Å². The van der Waals surface area contributed by atoms with Gasteiger partial charge >= 0.3 is 12.2 Å². The number of aldehydes is 1. The van der Waals surface area contributed by atoms with Crippen molar-refractivity contribution in [1.29, 1.82) is 0 Å². The third-order valence-electron chi connectivity index (χ3n) is 6.21. The van der Waals surface area contributed by atoms with Crippen LogP contribution in [-0.4, -0.2) is 59.4 Å². The average Bonchev–Trinajstić information content (AvgIpc) is 2.82. The van der Waals surface area contributed by atoms with Crippen molar-refractivity contribution < 1.29 is 29.4 Å². The van der Waals surface area contributed by atoms with E-state index in [9.17, 15) is 19.2 Å². The van der Waals surface area contributed by atoms with E-state index in [0.717, 1.165) is 38.5 Å². The van der Waals surface area contributed by atoms with Crippen molar-refractivity contribution in [2.75, 3.05) is 6.54 Å². The van der Waals surface area contributed by atoms with Gasteiger partial charge in [-0.1, -0.05) is 89.9 Å². The molecule has 36 heavy (non-hydrogen) atoms. The molecule has 3 amide bonds. The van der Waals surface area contributed by atoms with Gasteiger partial charge in [0.1, 0.15) is 6.29 Å². The molecule has 10 heteroatoms. The number of unbranched alkanes of at least 4 members (excludes halogenated alkanes) is 14. The molecule has 0 aliphatic rings. The van der Waals surface area contributed by atoms with Crippen molar-refractivity contribution in [1.82, 2.24) is 21.3 Å². The van der Waals surface area contributed by atoms with E-state index in [0.29, 0.717) is 6.42 Å². The van der Waals surface area contributed by atoms with Gasteiger partial charge < -0.3 is 25.6 Å². The minimum atomic E-state index is -1.44. The summed E-state index contributed by atoms with van der Waals surface area (Å²) in [5.74, 6) is -0.717. The minimum Gasteiger partial charge on any atom is -0.465 e. The van der Waals surface area contributed by atoms with Crippen LogP contribution in [0.15, 0.2) is 0 Å². The second-order valence-electron chi connectivity index (χ2n) is 9.66. The zero-order valence-corrected chi connectivity index (χ0v) is 22.4. The summed E-state index contributed by atoms with van der Waals surface area (Å²) in [7, 11) is 0. The molecule has 0 rings (SSSR count). The topological polar surface area (TPSA) is 157 Å². The molecule has 2 unspecified atom stereocenters. The maximum absolute atomic E-state index is 11.7. The van der Waals surface area contributed by atoms with E-state index in [1.807, 2.05) is 6.92 Å². The highest BCUT2D eigenvalue weighted by Gasteiger charge is 2.20. The standard InChI is InChI=1S/C26H50N4O6/c1-21(20-31)27-19-17-15-13-11-9-7-5-3-4-6-8-10-12-14-16-18-23(29-25(33)34)28-22(2)24(32)30-26(35)36/h20-23,27-29H,3-19H2,1-2H3,(H,30,32)(H,33,34)(H,35,36)/t21?,22-,23?/m0/s1. The molecule has 0 radical (unpaired) electrons. The fourth-order valence-corrected chi connectivity index (χ4v) is 4.09. The number of rotatable bonds is 24. The Bertz CT molecular complexity index is 605. The summed E-state index contributed by atoms with van der Waals surface area (Å²) < 4.78 is 0. The van der Waals surface area contributed by atoms with E-state index in [1.54, 1.807) is 5.32 Å². The van der Waals surface area contributed by atoms with Gasteiger partial charge in [-0.25, -0.2) is 9.59 Å². The molecule has 6 N–H and O–H groups in total. The Morgan fingerprint density at radius 2 is 1.14 bits per heavy atom. The third kappa shape index (κ3) is 22.3. The number of hydrogen-bond acceptors (Lipinski definition) is 6. The molecule has 210 valence electrons. The Labute approximate surface area is 216 Å². The number of carboxylic acid groups (broad SMARTS) is 2. The molecule has 0 saturated carbocycles. The van der Waals surface area contributed by atoms with Crippen LogP contribution in [0.1, 0.15) is 117 Å². The van der Waals surface area contributed by atoms with Crippen LogP contribution in [0.2, 0.25) is 0 Å². The van der Waals surface area contributed by atoms with Crippen molar-refractivity contribution in [2.45, 2.75) is 135 Å². The largest absolute Gasteiger partial charge is 0.465 e. The number of hydrogen-bond donors (Lipinski definition) is 6. The van der Waals surface area contributed by atoms with Gasteiger partial charge in [-0.15, -0.1) is 0 Å². The molecule has 0 spiro atoms. The maximum atomic E-state index is 11.7. The number of imide groups is 1. The van der Waals surface area contributed by atoms with E-state index in [-0.39, 0.29) is 6.04 Å². The molecule has 0 heterocycles. The lowest BCUT2D eigenvalue weighted by molar-refractivity contribution is -0.122. The van der Waals surface area contributed by atoms with Crippen molar-refractivity contribution >= 4 is 24.4 Å². The summed E-state index contributed by atoms with van der Waals surface area (Å²) in [5, 5.41) is 27.7. The first-order valence-corrected chi connectivity index (χ1v) is 13.7. The van der Waals surface area contributed by atoms with Gasteiger partial charge in [-0.3, -0.25) is 15.4 Å². The highest BCUT2D eigenvalue weighted by Crippen LogP contribution is 2.14. The predicted octanol–water partition coefficient (Wildman–Crippen LogP) is 4.77. The van der Waals surface area contributed by atoms with Crippen molar-refractivity contribution in [3.05, 3.63) is 0 Å². The smallest absolute Gasteiger partial charge is 0.411 e. The molecule has 10 nitrogen and oxygen atoms in total. The molecule has 0 aliphatic heterocycles. The van der Waals surface area contributed by atoms with E-state index < -0.39 is 30.3 Å². The highest BCUT2D eigenvalue weighted by molar-refractivity contribution is 5.93. The van der Waals surface area contributed by atoms with E-state index in [4.69, 9.17) is 10.2 Å². The van der Waals surface area contributed by atoms with Gasteiger partial charge in [-0.05, 0) is 33.2 Å². The first kappa shape index (κ1) is 33.8. The Morgan fingerprint density at radius 3 is 1.56 bits per heavy atom. The van der Waals surface area contributed by atoms with Crippen LogP contribution in [0.25, 0.3) is 0 Å². The van der Waals surface area contributed by atoms with Crippen LogP contribution < -0.4 is 21.3 Å². The van der Waals surface area contributed by atoms with Crippen LogP contribution in [0, 0.1) is 0 Å². The Balaban J connectivity index is 3.59. The summed E-state index contributed by atoms with van der Waals surface area (Å²) in [6.07, 6.45) is 16.3. The summed E-state index contributed by atoms with van der Waals surface area (Å²) in [4.78, 5) is 43.8.